The number of anilines is 2. The minimum absolute atomic E-state index is 0.0909. The number of halogens is 7. The Morgan fingerprint density at radius 1 is 1.12 bits per heavy atom. The van der Waals surface area contributed by atoms with Crippen LogP contribution in [0.3, 0.4) is 0 Å². The second kappa shape index (κ2) is 10.2. The first kappa shape index (κ1) is 27.8. The Morgan fingerprint density at radius 2 is 1.93 bits per heavy atom. The molecule has 2 atom stereocenters. The van der Waals surface area contributed by atoms with Gasteiger partial charge in [-0.25, -0.2) is 18.2 Å². The number of aromatic nitrogens is 3. The molecule has 2 fully saturated rings. The van der Waals surface area contributed by atoms with Crippen LogP contribution in [0.15, 0.2) is 30.1 Å². The van der Waals surface area contributed by atoms with Gasteiger partial charge in [0.2, 0.25) is 0 Å². The molecule has 0 radical (unpaired) electrons. The Bertz CT molecular complexity index is 1550. The minimum Gasteiger partial charge on any atom is -0.461 e. The number of hydrogen-bond donors (Lipinski definition) is 1. The molecule has 0 aliphatic carbocycles. The lowest BCUT2D eigenvalue weighted by Crippen LogP contribution is -2.43. The highest BCUT2D eigenvalue weighted by Gasteiger charge is 2.49. The van der Waals surface area contributed by atoms with Gasteiger partial charge >= 0.3 is 12.2 Å². The van der Waals surface area contributed by atoms with Gasteiger partial charge in [0.25, 0.3) is 0 Å². The molecule has 2 aromatic heterocycles. The maximum atomic E-state index is 14.5. The predicted molar refractivity (Wildman–Crippen MR) is 142 cm³/mol. The lowest BCUT2D eigenvalue weighted by Gasteiger charge is -2.31. The number of alkyl halides is 4. The second-order valence-electron chi connectivity index (χ2n) is 10.7. The van der Waals surface area contributed by atoms with Gasteiger partial charge in [0, 0.05) is 36.5 Å². The first-order valence-corrected chi connectivity index (χ1v) is 13.5. The normalized spacial score (nSPS) is 23.2. The van der Waals surface area contributed by atoms with Crippen molar-refractivity contribution in [1.29, 1.82) is 0 Å². The number of benzene rings is 1. The fourth-order valence-electron chi connectivity index (χ4n) is 6.13. The van der Waals surface area contributed by atoms with Crippen molar-refractivity contribution in [2.75, 3.05) is 43.4 Å². The molecule has 1 aromatic carbocycles. The summed E-state index contributed by atoms with van der Waals surface area (Å²) in [6, 6.07) is 2.95. The van der Waals surface area contributed by atoms with Crippen LogP contribution in [0.25, 0.3) is 22.2 Å². The standard InChI is InChI=1S/C27H25ClF6N6O/c28-18-7-17-20(8-16(18)23-22(27(32,33)34)19(31)9-21(35)37-23)36-25(38-24(17)39-5-1-3-14(29)11-39)41-13-26-4-2-6-40(26)12-15(30)10-26/h3,7-9,15H,1-2,4-6,10-13H2,(H2,35,37). The Hall–Kier alpha value is -3.32. The van der Waals surface area contributed by atoms with Gasteiger partial charge in [-0.05, 0) is 44.0 Å². The van der Waals surface area contributed by atoms with Crippen LogP contribution in [-0.2, 0) is 6.18 Å². The number of hydrogen-bond acceptors (Lipinski definition) is 7. The molecular formula is C27H25ClF6N6O. The van der Waals surface area contributed by atoms with E-state index in [-0.39, 0.29) is 46.9 Å². The first-order valence-electron chi connectivity index (χ1n) is 13.1. The molecule has 41 heavy (non-hydrogen) atoms. The summed E-state index contributed by atoms with van der Waals surface area (Å²) in [5.41, 5.74) is 2.54. The van der Waals surface area contributed by atoms with Crippen LogP contribution in [0.4, 0.5) is 38.0 Å². The Kier molecular flexibility index (Phi) is 6.92. The smallest absolute Gasteiger partial charge is 0.421 e. The third-order valence-electron chi connectivity index (χ3n) is 7.91. The molecule has 0 spiro atoms. The van der Waals surface area contributed by atoms with Gasteiger partial charge in [0.15, 0.2) is 0 Å². The van der Waals surface area contributed by atoms with E-state index in [0.717, 1.165) is 19.4 Å². The third-order valence-corrected chi connectivity index (χ3v) is 8.22. The molecule has 218 valence electrons. The van der Waals surface area contributed by atoms with Gasteiger partial charge in [-0.2, -0.15) is 23.1 Å². The molecule has 6 rings (SSSR count). The lowest BCUT2D eigenvalue weighted by molar-refractivity contribution is -0.139. The van der Waals surface area contributed by atoms with E-state index in [9.17, 15) is 26.3 Å². The van der Waals surface area contributed by atoms with Crippen molar-refractivity contribution in [2.45, 2.75) is 43.6 Å². The number of ether oxygens (including phenoxy) is 1. The zero-order chi connectivity index (χ0) is 29.1. The first-order chi connectivity index (χ1) is 19.4. The van der Waals surface area contributed by atoms with Gasteiger partial charge in [-0.3, -0.25) is 4.90 Å². The summed E-state index contributed by atoms with van der Waals surface area (Å²) < 4.78 is 90.7. The van der Waals surface area contributed by atoms with Gasteiger partial charge in [-0.15, -0.1) is 0 Å². The maximum absolute atomic E-state index is 14.5. The van der Waals surface area contributed by atoms with Crippen LogP contribution >= 0.6 is 11.6 Å². The summed E-state index contributed by atoms with van der Waals surface area (Å²) in [5.74, 6) is -2.17. The third kappa shape index (κ3) is 5.14. The summed E-state index contributed by atoms with van der Waals surface area (Å²) in [7, 11) is 0. The number of fused-ring (bicyclic) bond motifs is 2. The zero-order valence-electron chi connectivity index (χ0n) is 21.6. The molecule has 2 saturated heterocycles. The summed E-state index contributed by atoms with van der Waals surface area (Å²) in [6.07, 6.45) is -2.27. The average Bonchev–Trinajstić information content (AvgIpc) is 3.41. The van der Waals surface area contributed by atoms with Gasteiger partial charge in [0.1, 0.15) is 41.6 Å². The number of rotatable bonds is 5. The molecule has 14 heteroatoms. The molecule has 0 amide bonds. The number of nitrogens with two attached hydrogens (primary N) is 1. The molecule has 3 aliphatic rings. The molecule has 3 aliphatic heterocycles. The van der Waals surface area contributed by atoms with Crippen molar-refractivity contribution in [3.8, 4) is 17.3 Å². The van der Waals surface area contributed by atoms with Crippen LogP contribution in [0.2, 0.25) is 5.02 Å². The number of nitrogens with zero attached hydrogens (tertiary/aromatic N) is 5. The van der Waals surface area contributed by atoms with Crippen LogP contribution in [0, 0.1) is 5.82 Å². The molecular weight excluding hydrogens is 574 g/mol. The van der Waals surface area contributed by atoms with Crippen molar-refractivity contribution < 1.29 is 31.1 Å². The summed E-state index contributed by atoms with van der Waals surface area (Å²) in [5, 5.41) is 0.136. The fourth-order valence-corrected chi connectivity index (χ4v) is 6.38. The van der Waals surface area contributed by atoms with E-state index in [2.05, 4.69) is 19.9 Å². The highest BCUT2D eigenvalue weighted by molar-refractivity contribution is 6.34. The molecule has 7 nitrogen and oxygen atoms in total. The molecule has 0 saturated carbocycles. The van der Waals surface area contributed by atoms with E-state index in [0.29, 0.717) is 37.4 Å². The van der Waals surface area contributed by atoms with E-state index >= 15 is 0 Å². The van der Waals surface area contributed by atoms with E-state index in [1.807, 2.05) is 0 Å². The molecule has 2 unspecified atom stereocenters. The largest absolute Gasteiger partial charge is 0.461 e. The number of nitrogen functional groups attached to an aromatic ring is 1. The SMILES string of the molecule is Nc1cc(F)c(C(F)(F)F)c(-c2cc3nc(OCC45CCCN4CC(F)C5)nc(N4CCC=C(F)C4)c3cc2Cl)n1. The van der Waals surface area contributed by atoms with E-state index in [4.69, 9.17) is 22.1 Å². The van der Waals surface area contributed by atoms with Gasteiger partial charge in [-0.1, -0.05) is 11.6 Å². The van der Waals surface area contributed by atoms with Crippen molar-refractivity contribution >= 4 is 34.1 Å². The zero-order valence-corrected chi connectivity index (χ0v) is 22.4. The summed E-state index contributed by atoms with van der Waals surface area (Å²) in [4.78, 5) is 16.4. The second-order valence-corrected chi connectivity index (χ2v) is 11.1. The minimum atomic E-state index is -5.09. The highest BCUT2D eigenvalue weighted by atomic mass is 35.5. The highest BCUT2D eigenvalue weighted by Crippen LogP contribution is 2.44. The van der Waals surface area contributed by atoms with Crippen molar-refractivity contribution in [3.05, 3.63) is 46.5 Å². The van der Waals surface area contributed by atoms with Crippen LogP contribution in [-0.4, -0.2) is 64.3 Å². The topological polar surface area (TPSA) is 80.4 Å². The van der Waals surface area contributed by atoms with Gasteiger partial charge in [0.05, 0.1) is 28.3 Å². The van der Waals surface area contributed by atoms with E-state index < -0.39 is 40.8 Å². The van der Waals surface area contributed by atoms with Crippen LogP contribution in [0.5, 0.6) is 6.01 Å². The molecule has 3 aromatic rings. The number of pyridine rings is 1. The maximum Gasteiger partial charge on any atom is 0.421 e. The monoisotopic (exact) mass is 598 g/mol. The Balaban J connectivity index is 1.47. The molecule has 2 N–H and O–H groups in total. The van der Waals surface area contributed by atoms with E-state index in [1.54, 1.807) is 4.90 Å². The Morgan fingerprint density at radius 3 is 2.68 bits per heavy atom. The van der Waals surface area contributed by atoms with Crippen molar-refractivity contribution in [1.82, 2.24) is 19.9 Å². The van der Waals surface area contributed by atoms with Crippen LogP contribution in [0.1, 0.15) is 31.2 Å². The lowest BCUT2D eigenvalue weighted by atomic mass is 9.95. The summed E-state index contributed by atoms with van der Waals surface area (Å²) >= 11 is 6.46. The Labute approximate surface area is 236 Å². The van der Waals surface area contributed by atoms with Crippen molar-refractivity contribution in [2.24, 2.45) is 0 Å². The van der Waals surface area contributed by atoms with Gasteiger partial charge < -0.3 is 15.4 Å². The van der Waals surface area contributed by atoms with E-state index in [1.165, 1.54) is 18.2 Å². The fraction of sp³-hybridized carbons (Fsp3) is 0.444. The molecule has 0 bridgehead atoms. The quantitative estimate of drug-likeness (QED) is 0.355. The van der Waals surface area contributed by atoms with Crippen LogP contribution < -0.4 is 15.4 Å². The summed E-state index contributed by atoms with van der Waals surface area (Å²) in [6.45, 7) is 1.49. The molecule has 5 heterocycles. The predicted octanol–water partition coefficient (Wildman–Crippen LogP) is 6.10. The van der Waals surface area contributed by atoms with Crippen molar-refractivity contribution in [3.63, 3.8) is 0 Å². The average molecular weight is 599 g/mol.